The Morgan fingerprint density at radius 3 is 2.63 bits per heavy atom. The van der Waals surface area contributed by atoms with Gasteiger partial charge in [0.05, 0.1) is 11.7 Å². The van der Waals surface area contributed by atoms with E-state index in [1.54, 1.807) is 0 Å². The molecule has 1 aliphatic heterocycles. The summed E-state index contributed by atoms with van der Waals surface area (Å²) in [5.41, 5.74) is 0.660. The van der Waals surface area contributed by atoms with E-state index in [-0.39, 0.29) is 16.8 Å². The molecule has 1 heterocycles. The standard InChI is InChI=1S/C16H20FNO/c1-3-15(2)12-16(8-10-18,9-11-19-15)13-4-6-14(17)7-5-13/h4-7H,3,8-9,11-12H2,1-2H3/t15-,16-/m1/s1. The molecule has 0 unspecified atom stereocenters. The molecular formula is C16H20FNO. The molecule has 0 spiro atoms. The summed E-state index contributed by atoms with van der Waals surface area (Å²) in [6, 6.07) is 8.89. The number of hydrogen-bond acceptors (Lipinski definition) is 2. The summed E-state index contributed by atoms with van der Waals surface area (Å²) < 4.78 is 19.0. The molecule has 1 fully saturated rings. The first-order valence-electron chi connectivity index (χ1n) is 6.81. The van der Waals surface area contributed by atoms with Crippen LogP contribution in [0.4, 0.5) is 4.39 Å². The zero-order valence-electron chi connectivity index (χ0n) is 11.6. The SMILES string of the molecule is CC[C@]1(C)C[C@](CC#N)(c2ccc(F)cc2)CCO1. The Morgan fingerprint density at radius 1 is 1.37 bits per heavy atom. The Labute approximate surface area is 114 Å². The predicted molar refractivity (Wildman–Crippen MR) is 72.2 cm³/mol. The lowest BCUT2D eigenvalue weighted by atomic mass is 9.67. The minimum Gasteiger partial charge on any atom is -0.375 e. The van der Waals surface area contributed by atoms with Crippen LogP contribution in [0.3, 0.4) is 0 Å². The molecule has 0 aromatic heterocycles. The van der Waals surface area contributed by atoms with E-state index in [0.29, 0.717) is 13.0 Å². The molecule has 2 nitrogen and oxygen atoms in total. The second-order valence-electron chi connectivity index (χ2n) is 5.70. The van der Waals surface area contributed by atoms with Crippen LogP contribution in [0.1, 0.15) is 45.1 Å². The van der Waals surface area contributed by atoms with Crippen molar-refractivity contribution in [1.29, 1.82) is 5.26 Å². The molecule has 0 radical (unpaired) electrons. The van der Waals surface area contributed by atoms with Crippen LogP contribution in [0.2, 0.25) is 0 Å². The lowest BCUT2D eigenvalue weighted by Gasteiger charge is -2.45. The van der Waals surface area contributed by atoms with Gasteiger partial charge in [-0.05, 0) is 43.9 Å². The van der Waals surface area contributed by atoms with E-state index in [2.05, 4.69) is 19.9 Å². The van der Waals surface area contributed by atoms with Crippen molar-refractivity contribution in [3.05, 3.63) is 35.6 Å². The van der Waals surface area contributed by atoms with Crippen molar-refractivity contribution in [2.75, 3.05) is 6.61 Å². The highest BCUT2D eigenvalue weighted by molar-refractivity contribution is 5.29. The Balaban J connectivity index is 2.37. The Kier molecular flexibility index (Phi) is 3.91. The maximum absolute atomic E-state index is 13.1. The topological polar surface area (TPSA) is 33.0 Å². The molecule has 1 aromatic carbocycles. The van der Waals surface area contributed by atoms with Crippen molar-refractivity contribution in [3.63, 3.8) is 0 Å². The predicted octanol–water partition coefficient (Wildman–Crippen LogP) is 3.96. The van der Waals surface area contributed by atoms with Crippen LogP contribution < -0.4 is 0 Å². The number of nitrogens with zero attached hydrogens (tertiary/aromatic N) is 1. The summed E-state index contributed by atoms with van der Waals surface area (Å²) in [4.78, 5) is 0. The molecule has 1 aromatic rings. The molecule has 0 saturated carbocycles. The van der Waals surface area contributed by atoms with E-state index in [1.807, 2.05) is 12.1 Å². The molecule has 19 heavy (non-hydrogen) atoms. The molecule has 0 N–H and O–H groups in total. The first kappa shape index (κ1) is 14.0. The van der Waals surface area contributed by atoms with Crippen LogP contribution in [-0.4, -0.2) is 12.2 Å². The van der Waals surface area contributed by atoms with Gasteiger partial charge in [0.2, 0.25) is 0 Å². The zero-order valence-corrected chi connectivity index (χ0v) is 11.6. The number of ether oxygens (including phenoxy) is 1. The van der Waals surface area contributed by atoms with Crippen LogP contribution in [0.5, 0.6) is 0 Å². The van der Waals surface area contributed by atoms with Gasteiger partial charge >= 0.3 is 0 Å². The van der Waals surface area contributed by atoms with Crippen LogP contribution in [0.25, 0.3) is 0 Å². The highest BCUT2D eigenvalue weighted by Crippen LogP contribution is 2.45. The summed E-state index contributed by atoms with van der Waals surface area (Å²) in [6.07, 6.45) is 3.01. The molecular weight excluding hydrogens is 241 g/mol. The Morgan fingerprint density at radius 2 is 2.05 bits per heavy atom. The molecule has 1 aliphatic rings. The molecule has 3 heteroatoms. The van der Waals surface area contributed by atoms with Crippen LogP contribution >= 0.6 is 0 Å². The number of hydrogen-bond donors (Lipinski definition) is 0. The quantitative estimate of drug-likeness (QED) is 0.825. The minimum absolute atomic E-state index is 0.191. The smallest absolute Gasteiger partial charge is 0.123 e. The van der Waals surface area contributed by atoms with Crippen molar-refractivity contribution in [2.24, 2.45) is 0 Å². The summed E-state index contributed by atoms with van der Waals surface area (Å²) >= 11 is 0. The van der Waals surface area contributed by atoms with E-state index < -0.39 is 0 Å². The van der Waals surface area contributed by atoms with Crippen molar-refractivity contribution in [2.45, 2.75) is 50.5 Å². The van der Waals surface area contributed by atoms with E-state index in [4.69, 9.17) is 4.74 Å². The molecule has 102 valence electrons. The van der Waals surface area contributed by atoms with Gasteiger partial charge in [0.15, 0.2) is 0 Å². The van der Waals surface area contributed by atoms with Gasteiger partial charge in [-0.1, -0.05) is 19.1 Å². The van der Waals surface area contributed by atoms with Crippen molar-refractivity contribution in [1.82, 2.24) is 0 Å². The highest BCUT2D eigenvalue weighted by Gasteiger charge is 2.43. The fourth-order valence-corrected chi connectivity index (χ4v) is 3.03. The van der Waals surface area contributed by atoms with Crippen molar-refractivity contribution >= 4 is 0 Å². The van der Waals surface area contributed by atoms with Gasteiger partial charge in [-0.3, -0.25) is 0 Å². The summed E-state index contributed by atoms with van der Waals surface area (Å²) in [5.74, 6) is -0.235. The highest BCUT2D eigenvalue weighted by atomic mass is 19.1. The van der Waals surface area contributed by atoms with Gasteiger partial charge in [-0.15, -0.1) is 0 Å². The molecule has 0 bridgehead atoms. The third kappa shape index (κ3) is 2.79. The van der Waals surface area contributed by atoms with Crippen molar-refractivity contribution in [3.8, 4) is 6.07 Å². The first-order valence-corrected chi connectivity index (χ1v) is 6.81. The number of rotatable bonds is 3. The lowest BCUT2D eigenvalue weighted by molar-refractivity contribution is -0.0957. The maximum atomic E-state index is 13.1. The maximum Gasteiger partial charge on any atom is 0.123 e. The van der Waals surface area contributed by atoms with Crippen LogP contribution in [0.15, 0.2) is 24.3 Å². The number of benzene rings is 1. The second kappa shape index (κ2) is 5.30. The Hall–Kier alpha value is -1.40. The van der Waals surface area contributed by atoms with Gasteiger partial charge < -0.3 is 4.74 Å². The average Bonchev–Trinajstić information content (AvgIpc) is 2.40. The fraction of sp³-hybridized carbons (Fsp3) is 0.562. The molecule has 2 atom stereocenters. The normalized spacial score (nSPS) is 30.8. The zero-order chi connectivity index (χ0) is 13.9. The summed E-state index contributed by atoms with van der Waals surface area (Å²) in [5, 5.41) is 9.18. The fourth-order valence-electron chi connectivity index (χ4n) is 3.03. The second-order valence-corrected chi connectivity index (χ2v) is 5.70. The Bertz CT molecular complexity index is 479. The van der Waals surface area contributed by atoms with Gasteiger partial charge in [-0.2, -0.15) is 5.26 Å². The lowest BCUT2D eigenvalue weighted by Crippen LogP contribution is -2.45. The molecule has 1 saturated heterocycles. The van der Waals surface area contributed by atoms with Gasteiger partial charge in [0.1, 0.15) is 5.82 Å². The third-order valence-corrected chi connectivity index (χ3v) is 4.37. The van der Waals surface area contributed by atoms with Crippen LogP contribution in [0, 0.1) is 17.1 Å². The monoisotopic (exact) mass is 261 g/mol. The molecule has 2 rings (SSSR count). The van der Waals surface area contributed by atoms with Gasteiger partial charge in [0, 0.05) is 18.4 Å². The first-order chi connectivity index (χ1) is 9.03. The van der Waals surface area contributed by atoms with E-state index in [1.165, 1.54) is 12.1 Å². The van der Waals surface area contributed by atoms with E-state index in [9.17, 15) is 9.65 Å². The molecule has 0 amide bonds. The summed E-state index contributed by atoms with van der Waals surface area (Å²) in [6.45, 7) is 4.86. The minimum atomic E-state index is -0.235. The van der Waals surface area contributed by atoms with Crippen LogP contribution in [-0.2, 0) is 10.2 Å². The van der Waals surface area contributed by atoms with Gasteiger partial charge in [-0.25, -0.2) is 4.39 Å². The summed E-state index contributed by atoms with van der Waals surface area (Å²) in [7, 11) is 0. The number of halogens is 1. The van der Waals surface area contributed by atoms with E-state index in [0.717, 1.165) is 24.8 Å². The number of nitriles is 1. The largest absolute Gasteiger partial charge is 0.375 e. The molecule has 0 aliphatic carbocycles. The van der Waals surface area contributed by atoms with Gasteiger partial charge in [0.25, 0.3) is 0 Å². The van der Waals surface area contributed by atoms with Crippen molar-refractivity contribution < 1.29 is 9.13 Å². The van der Waals surface area contributed by atoms with E-state index >= 15 is 0 Å². The third-order valence-electron chi connectivity index (χ3n) is 4.37. The average molecular weight is 261 g/mol.